The summed E-state index contributed by atoms with van der Waals surface area (Å²) < 4.78 is 10.8. The van der Waals surface area contributed by atoms with Gasteiger partial charge in [-0.2, -0.15) is 0 Å². The second-order valence-corrected chi connectivity index (χ2v) is 7.78. The van der Waals surface area contributed by atoms with Gasteiger partial charge in [0, 0.05) is 12.5 Å². The lowest BCUT2D eigenvalue weighted by molar-refractivity contribution is -0.136. The van der Waals surface area contributed by atoms with Crippen molar-refractivity contribution in [2.24, 2.45) is 5.92 Å². The molecule has 0 aromatic heterocycles. The maximum atomic E-state index is 12.4. The normalized spacial score (nSPS) is 14.6. The molecular formula is C23H34O5. The van der Waals surface area contributed by atoms with Crippen LogP contribution in [-0.2, 0) is 11.2 Å². The molecule has 0 bridgehead atoms. The first-order valence-electron chi connectivity index (χ1n) is 10.5. The number of aryl methyl sites for hydroxylation is 1. The van der Waals surface area contributed by atoms with Gasteiger partial charge in [0.2, 0.25) is 0 Å². The molecule has 1 saturated carbocycles. The fourth-order valence-electron chi connectivity index (χ4n) is 4.13. The van der Waals surface area contributed by atoms with Crippen molar-refractivity contribution in [3.8, 4) is 11.5 Å². The number of rotatable bonds is 12. The number of carboxylic acid groups (broad SMARTS) is 1. The SMILES string of the molecule is COc1cc(OC)c(C(=O)CCC(=O)O)cc1CCCCCC1CCCCC1. The van der Waals surface area contributed by atoms with Crippen molar-refractivity contribution in [1.82, 2.24) is 0 Å². The molecule has 1 N–H and O–H groups in total. The predicted molar refractivity (Wildman–Crippen MR) is 109 cm³/mol. The Hall–Kier alpha value is -2.04. The highest BCUT2D eigenvalue weighted by atomic mass is 16.5. The van der Waals surface area contributed by atoms with E-state index in [2.05, 4.69) is 0 Å². The lowest BCUT2D eigenvalue weighted by Gasteiger charge is -2.21. The summed E-state index contributed by atoms with van der Waals surface area (Å²) in [6, 6.07) is 3.56. The Morgan fingerprint density at radius 1 is 0.964 bits per heavy atom. The van der Waals surface area contributed by atoms with Gasteiger partial charge in [-0.25, -0.2) is 0 Å². The average Bonchev–Trinajstić information content (AvgIpc) is 2.72. The molecule has 0 heterocycles. The molecule has 1 aliphatic carbocycles. The first-order chi connectivity index (χ1) is 13.5. The summed E-state index contributed by atoms with van der Waals surface area (Å²) in [4.78, 5) is 23.2. The number of benzene rings is 1. The van der Waals surface area contributed by atoms with Crippen LogP contribution in [0.15, 0.2) is 12.1 Å². The van der Waals surface area contributed by atoms with Crippen molar-refractivity contribution in [2.45, 2.75) is 77.0 Å². The van der Waals surface area contributed by atoms with Gasteiger partial charge < -0.3 is 14.6 Å². The molecule has 0 radical (unpaired) electrons. The van der Waals surface area contributed by atoms with E-state index in [0.717, 1.165) is 30.1 Å². The van der Waals surface area contributed by atoms with Gasteiger partial charge in [-0.3, -0.25) is 9.59 Å². The fraction of sp³-hybridized carbons (Fsp3) is 0.652. The van der Waals surface area contributed by atoms with Crippen LogP contribution in [0.1, 0.15) is 86.6 Å². The Morgan fingerprint density at radius 3 is 2.32 bits per heavy atom. The molecule has 0 aliphatic heterocycles. The van der Waals surface area contributed by atoms with Gasteiger partial charge in [-0.05, 0) is 30.4 Å². The third kappa shape index (κ3) is 6.84. The van der Waals surface area contributed by atoms with E-state index in [-0.39, 0.29) is 18.6 Å². The van der Waals surface area contributed by atoms with Crippen LogP contribution in [0.5, 0.6) is 11.5 Å². The Labute approximate surface area is 168 Å². The predicted octanol–water partition coefficient (Wildman–Crippen LogP) is 5.43. The Bertz CT molecular complexity index is 647. The summed E-state index contributed by atoms with van der Waals surface area (Å²) in [6.07, 6.45) is 12.4. The third-order valence-corrected chi connectivity index (χ3v) is 5.75. The van der Waals surface area contributed by atoms with Gasteiger partial charge in [0.05, 0.1) is 26.2 Å². The highest BCUT2D eigenvalue weighted by Crippen LogP contribution is 2.32. The molecule has 0 atom stereocenters. The van der Waals surface area contributed by atoms with Gasteiger partial charge >= 0.3 is 5.97 Å². The molecule has 1 aromatic carbocycles. The van der Waals surface area contributed by atoms with Crippen molar-refractivity contribution in [3.63, 3.8) is 0 Å². The first kappa shape index (κ1) is 22.3. The first-order valence-corrected chi connectivity index (χ1v) is 10.5. The number of hydrogen-bond acceptors (Lipinski definition) is 4. The second kappa shape index (κ2) is 11.7. The number of Topliss-reactive ketones (excluding diaryl/α,β-unsaturated/α-hetero) is 1. The number of ketones is 1. The smallest absolute Gasteiger partial charge is 0.303 e. The summed E-state index contributed by atoms with van der Waals surface area (Å²) in [5, 5.41) is 8.83. The Morgan fingerprint density at radius 2 is 1.68 bits per heavy atom. The molecule has 1 aromatic rings. The van der Waals surface area contributed by atoms with Crippen molar-refractivity contribution in [1.29, 1.82) is 0 Å². The molecule has 5 nitrogen and oxygen atoms in total. The van der Waals surface area contributed by atoms with Gasteiger partial charge in [0.1, 0.15) is 11.5 Å². The van der Waals surface area contributed by atoms with Crippen LogP contribution >= 0.6 is 0 Å². The van der Waals surface area contributed by atoms with Gasteiger partial charge in [0.15, 0.2) is 5.78 Å². The molecule has 0 spiro atoms. The summed E-state index contributed by atoms with van der Waals surface area (Å²) in [5.74, 6) is 0.898. The van der Waals surface area contributed by atoms with Crippen molar-refractivity contribution in [3.05, 3.63) is 23.3 Å². The number of unbranched alkanes of at least 4 members (excludes halogenated alkanes) is 2. The second-order valence-electron chi connectivity index (χ2n) is 7.78. The summed E-state index contributed by atoms with van der Waals surface area (Å²) >= 11 is 0. The molecule has 1 aliphatic rings. The monoisotopic (exact) mass is 390 g/mol. The molecule has 1 fully saturated rings. The minimum atomic E-state index is -0.973. The topological polar surface area (TPSA) is 72.8 Å². The number of ether oxygens (including phenoxy) is 2. The van der Waals surface area contributed by atoms with Crippen LogP contribution < -0.4 is 9.47 Å². The van der Waals surface area contributed by atoms with Gasteiger partial charge in [-0.15, -0.1) is 0 Å². The number of methoxy groups -OCH3 is 2. The standard InChI is InChI=1S/C23H34O5/c1-27-21-16-22(28-2)19(20(24)13-14-23(25)26)15-18(21)12-8-4-7-11-17-9-5-3-6-10-17/h15-17H,3-14H2,1-2H3,(H,25,26). The summed E-state index contributed by atoms with van der Waals surface area (Å²) in [7, 11) is 3.13. The molecule has 0 saturated heterocycles. The van der Waals surface area contributed by atoms with Gasteiger partial charge in [-0.1, -0.05) is 51.4 Å². The third-order valence-electron chi connectivity index (χ3n) is 5.75. The zero-order chi connectivity index (χ0) is 20.4. The quantitative estimate of drug-likeness (QED) is 0.380. The number of hydrogen-bond donors (Lipinski definition) is 1. The van der Waals surface area contributed by atoms with E-state index < -0.39 is 5.97 Å². The molecule has 0 unspecified atom stereocenters. The summed E-state index contributed by atoms with van der Waals surface area (Å²) in [5.41, 5.74) is 1.43. The molecule has 5 heteroatoms. The molecular weight excluding hydrogens is 356 g/mol. The lowest BCUT2D eigenvalue weighted by atomic mass is 9.85. The minimum absolute atomic E-state index is 0.0289. The summed E-state index contributed by atoms with van der Waals surface area (Å²) in [6.45, 7) is 0. The maximum Gasteiger partial charge on any atom is 0.303 e. The molecule has 28 heavy (non-hydrogen) atoms. The van der Waals surface area contributed by atoms with E-state index in [0.29, 0.717) is 11.3 Å². The average molecular weight is 391 g/mol. The van der Waals surface area contributed by atoms with Crippen LogP contribution in [0.3, 0.4) is 0 Å². The van der Waals surface area contributed by atoms with Crippen LogP contribution in [0.25, 0.3) is 0 Å². The van der Waals surface area contributed by atoms with E-state index >= 15 is 0 Å². The van der Waals surface area contributed by atoms with Crippen LogP contribution in [0, 0.1) is 5.92 Å². The number of carboxylic acids is 1. The number of aliphatic carboxylic acids is 1. The van der Waals surface area contributed by atoms with E-state index in [1.54, 1.807) is 13.2 Å². The van der Waals surface area contributed by atoms with Crippen molar-refractivity contribution in [2.75, 3.05) is 14.2 Å². The molecule has 0 amide bonds. The van der Waals surface area contributed by atoms with E-state index in [1.807, 2.05) is 6.07 Å². The molecule has 2 rings (SSSR count). The van der Waals surface area contributed by atoms with E-state index in [9.17, 15) is 9.59 Å². The fourth-order valence-corrected chi connectivity index (χ4v) is 4.13. The van der Waals surface area contributed by atoms with Crippen LogP contribution in [0.2, 0.25) is 0 Å². The van der Waals surface area contributed by atoms with Crippen LogP contribution in [0.4, 0.5) is 0 Å². The highest BCUT2D eigenvalue weighted by molar-refractivity contribution is 6.00. The largest absolute Gasteiger partial charge is 0.496 e. The van der Waals surface area contributed by atoms with Crippen LogP contribution in [-0.4, -0.2) is 31.1 Å². The van der Waals surface area contributed by atoms with Gasteiger partial charge in [0.25, 0.3) is 0 Å². The van der Waals surface area contributed by atoms with Crippen molar-refractivity contribution >= 4 is 11.8 Å². The number of carbonyl (C=O) groups excluding carboxylic acids is 1. The lowest BCUT2D eigenvalue weighted by Crippen LogP contribution is -2.07. The maximum absolute atomic E-state index is 12.4. The Kier molecular flexibility index (Phi) is 9.32. The zero-order valence-electron chi connectivity index (χ0n) is 17.3. The Balaban J connectivity index is 1.94. The number of carbonyl (C=O) groups is 2. The minimum Gasteiger partial charge on any atom is -0.496 e. The zero-order valence-corrected chi connectivity index (χ0v) is 17.3. The molecule has 156 valence electrons. The van der Waals surface area contributed by atoms with E-state index in [4.69, 9.17) is 14.6 Å². The van der Waals surface area contributed by atoms with E-state index in [1.165, 1.54) is 58.5 Å². The van der Waals surface area contributed by atoms with Crippen molar-refractivity contribution < 1.29 is 24.2 Å². The highest BCUT2D eigenvalue weighted by Gasteiger charge is 2.18.